The summed E-state index contributed by atoms with van der Waals surface area (Å²) in [4.78, 5) is 109. The smallest absolute Gasteiger partial charge is 0.407 e. The van der Waals surface area contributed by atoms with E-state index < -0.39 is 64.3 Å². The largest absolute Gasteiger partial charge is 0.464 e. The number of ether oxygens (including phenoxy) is 5. The first-order valence-electron chi connectivity index (χ1n) is 32.6. The first-order chi connectivity index (χ1) is 44.8. The fraction of sp³-hybridized carbons (Fsp3) is 0.493. The lowest BCUT2D eigenvalue weighted by atomic mass is 9.98. The van der Waals surface area contributed by atoms with Gasteiger partial charge in [-0.2, -0.15) is 0 Å². The van der Waals surface area contributed by atoms with Crippen molar-refractivity contribution in [3.63, 3.8) is 0 Å². The van der Waals surface area contributed by atoms with Gasteiger partial charge in [-0.05, 0) is 180 Å². The van der Waals surface area contributed by atoms with Crippen LogP contribution in [0, 0.1) is 0 Å². The molecule has 0 spiro atoms. The number of amides is 3. The molecular weight excluding hydrogens is 1210 g/mol. The molecule has 22 nitrogen and oxygen atoms in total. The second-order valence-corrected chi connectivity index (χ2v) is 27.9. The summed E-state index contributed by atoms with van der Waals surface area (Å²) < 4.78 is 40.4. The van der Waals surface area contributed by atoms with Crippen LogP contribution >= 0.6 is 0 Å². The van der Waals surface area contributed by atoms with Crippen LogP contribution in [0.4, 0.5) is 4.79 Å². The van der Waals surface area contributed by atoms with Gasteiger partial charge in [-0.3, -0.25) is 53.4 Å². The fourth-order valence-corrected chi connectivity index (χ4v) is 11.1. The van der Waals surface area contributed by atoms with Gasteiger partial charge in [0.15, 0.2) is 0 Å². The number of rotatable bonds is 32. The zero-order chi connectivity index (χ0) is 69.1. The molecule has 1 aliphatic carbocycles. The highest BCUT2D eigenvalue weighted by Gasteiger charge is 2.32. The number of carbonyl (C=O) groups excluding carboxylic acids is 7. The summed E-state index contributed by atoms with van der Waals surface area (Å²) in [5, 5.41) is 8.24. The number of fused-ring (bicyclic) bond motifs is 3. The summed E-state index contributed by atoms with van der Waals surface area (Å²) in [5.74, 6) is -1.79. The van der Waals surface area contributed by atoms with Gasteiger partial charge in [-0.1, -0.05) is 61.4 Å². The van der Waals surface area contributed by atoms with Crippen LogP contribution in [0.2, 0.25) is 0 Å². The van der Waals surface area contributed by atoms with Gasteiger partial charge >= 0.3 is 30.0 Å². The third-order valence-corrected chi connectivity index (χ3v) is 14.7. The van der Waals surface area contributed by atoms with Gasteiger partial charge in [-0.15, -0.1) is 0 Å². The molecule has 1 unspecified atom stereocenters. The average Bonchev–Trinajstić information content (AvgIpc) is 1.63. The van der Waals surface area contributed by atoms with Gasteiger partial charge in [0.1, 0.15) is 46.6 Å². The zero-order valence-corrected chi connectivity index (χ0v) is 57.5. The van der Waals surface area contributed by atoms with E-state index in [1.807, 2.05) is 72.8 Å². The molecule has 7 rings (SSSR count). The predicted octanol–water partition coefficient (Wildman–Crippen LogP) is 11.1. The quantitative estimate of drug-likeness (QED) is 0.0201. The van der Waals surface area contributed by atoms with Crippen molar-refractivity contribution < 1.29 is 66.1 Å². The van der Waals surface area contributed by atoms with Gasteiger partial charge in [-0.25, -0.2) is 4.79 Å². The molecule has 2 aromatic carbocycles. The summed E-state index contributed by atoms with van der Waals surface area (Å²) in [5.41, 5.74) is 5.07. The molecule has 22 heteroatoms. The number of unbranched alkanes of at least 4 members (excludes halogenated alkanes) is 3. The van der Waals surface area contributed by atoms with Crippen molar-refractivity contribution in [1.29, 1.82) is 0 Å². The second kappa shape index (κ2) is 33.6. The number of aromatic nitrogens is 2. The van der Waals surface area contributed by atoms with Crippen molar-refractivity contribution in [3.05, 3.63) is 143 Å². The van der Waals surface area contributed by atoms with E-state index >= 15 is 0 Å². The van der Waals surface area contributed by atoms with Crippen molar-refractivity contribution in [2.24, 2.45) is 0 Å². The second-order valence-electron chi connectivity index (χ2n) is 27.9. The Morgan fingerprint density at radius 1 is 0.516 bits per heavy atom. The fourth-order valence-electron chi connectivity index (χ4n) is 11.1. The van der Waals surface area contributed by atoms with Gasteiger partial charge in [0.2, 0.25) is 11.8 Å². The van der Waals surface area contributed by atoms with Crippen LogP contribution < -0.4 is 16.0 Å². The number of pyridine rings is 2. The normalized spacial score (nSPS) is 12.8. The topological polar surface area (TPSA) is 264 Å². The number of carbonyl (C=O) groups is 7. The summed E-state index contributed by atoms with van der Waals surface area (Å²) >= 11 is 0. The number of nitrogens with one attached hydrogen (secondary N) is 3. The van der Waals surface area contributed by atoms with Gasteiger partial charge < -0.3 is 48.5 Å². The van der Waals surface area contributed by atoms with E-state index in [0.717, 1.165) is 52.6 Å². The average molecular weight is 1310 g/mol. The first-order valence-corrected chi connectivity index (χ1v) is 32.6. The Morgan fingerprint density at radius 3 is 1.31 bits per heavy atom. The monoisotopic (exact) mass is 1310 g/mol. The number of benzene rings is 2. The molecule has 3 N–H and O–H groups in total. The van der Waals surface area contributed by atoms with E-state index in [2.05, 4.69) is 33.0 Å². The summed E-state index contributed by atoms with van der Waals surface area (Å²) in [6.07, 6.45) is 5.39. The minimum atomic E-state index is -1.00. The number of hydrogen-bond acceptors (Lipinski definition) is 19. The van der Waals surface area contributed by atoms with Crippen LogP contribution in [-0.2, 0) is 78.6 Å². The third-order valence-electron chi connectivity index (χ3n) is 14.7. The Balaban J connectivity index is 1.07. The molecule has 1 atom stereocenters. The number of alkyl carbamates (subject to hydrolysis) is 1. The maximum atomic E-state index is 13.4. The standard InChI is InChI=1S/C73H96N8O14/c1-70(2,3)92-64(83)44-80(45-65(84)93-71(4,5)6)42-53-38-49(61-28-22-34-89-61)36-51(76-53)40-79(41-52-37-50(62-29-23-35-90-62)39-54(77-52)43-81(46-66(85)94-72(7,8)9)47-67(86)95-73(10,11)12)33-21-15-14-20-32-75-63(82)31-30-60(68(87)74-13)78-69(88)91-48-59-57-26-18-16-24-55(57)56-25-17-19-27-58(56)59/h16-19,22-29,34-39,59-60H,14-15,20-21,30-33,40-48H2,1-13H3,(H,74,87)(H,75,82)(H,78,88). The Hall–Kier alpha value is -8.73. The molecule has 0 fully saturated rings. The lowest BCUT2D eigenvalue weighted by molar-refractivity contribution is -0.162. The minimum Gasteiger partial charge on any atom is -0.464 e. The highest BCUT2D eigenvalue weighted by atomic mass is 16.6. The molecule has 95 heavy (non-hydrogen) atoms. The number of likely N-dealkylation sites (N-methyl/N-ethyl adjacent to an activating group) is 1. The highest BCUT2D eigenvalue weighted by molar-refractivity contribution is 5.86. The lowest BCUT2D eigenvalue weighted by Crippen LogP contribution is -2.46. The van der Waals surface area contributed by atoms with Gasteiger partial charge in [0.05, 0.1) is 61.5 Å². The number of nitrogens with zero attached hydrogens (tertiary/aromatic N) is 5. The van der Waals surface area contributed by atoms with Crippen LogP contribution in [0.25, 0.3) is 33.8 Å². The lowest BCUT2D eigenvalue weighted by Gasteiger charge is -2.27. The van der Waals surface area contributed by atoms with E-state index in [1.165, 1.54) is 7.05 Å². The molecule has 6 aromatic rings. The zero-order valence-electron chi connectivity index (χ0n) is 57.5. The number of esters is 4. The van der Waals surface area contributed by atoms with E-state index in [0.29, 0.717) is 66.9 Å². The van der Waals surface area contributed by atoms with Crippen LogP contribution in [0.15, 0.2) is 118 Å². The van der Waals surface area contributed by atoms with E-state index in [1.54, 1.807) is 118 Å². The minimum absolute atomic E-state index is 0.0124. The number of hydrogen-bond donors (Lipinski definition) is 3. The Bertz CT molecular complexity index is 3290. The first kappa shape index (κ1) is 73.7. The molecule has 4 aromatic heterocycles. The van der Waals surface area contributed by atoms with Crippen molar-refractivity contribution in [2.75, 3.05) is 52.9 Å². The third kappa shape index (κ3) is 25.2. The number of furan rings is 2. The van der Waals surface area contributed by atoms with Gasteiger partial charge in [0.25, 0.3) is 0 Å². The van der Waals surface area contributed by atoms with E-state index in [-0.39, 0.29) is 70.5 Å². The van der Waals surface area contributed by atoms with E-state index in [9.17, 15) is 33.6 Å². The molecule has 0 bridgehead atoms. The Labute approximate surface area is 558 Å². The van der Waals surface area contributed by atoms with Crippen LogP contribution in [0.5, 0.6) is 0 Å². The molecule has 0 saturated carbocycles. The van der Waals surface area contributed by atoms with Crippen LogP contribution in [0.3, 0.4) is 0 Å². The van der Waals surface area contributed by atoms with E-state index in [4.69, 9.17) is 42.5 Å². The Kier molecular flexibility index (Phi) is 26.0. The summed E-state index contributed by atoms with van der Waals surface area (Å²) in [6.45, 7) is 22.2. The highest BCUT2D eigenvalue weighted by Crippen LogP contribution is 2.44. The summed E-state index contributed by atoms with van der Waals surface area (Å²) in [7, 11) is 1.47. The summed E-state index contributed by atoms with van der Waals surface area (Å²) in [6, 6.07) is 29.9. The van der Waals surface area contributed by atoms with Crippen molar-refractivity contribution in [3.8, 4) is 33.8 Å². The van der Waals surface area contributed by atoms with Crippen LogP contribution in [-0.4, -0.2) is 148 Å². The molecule has 0 saturated heterocycles. The predicted molar refractivity (Wildman–Crippen MR) is 359 cm³/mol. The maximum absolute atomic E-state index is 13.4. The maximum Gasteiger partial charge on any atom is 0.407 e. The molecule has 1 aliphatic rings. The SMILES string of the molecule is CNC(=O)C(CCC(=O)NCCCCCCN(Cc1cc(-c2ccco2)cc(CN(CC(=O)OC(C)(C)C)CC(=O)OC(C)(C)C)n1)Cc1cc(-c2ccco2)cc(CN(CC(=O)OC(C)(C)C)CC(=O)OC(C)(C)C)n1)NC(=O)OCC1c2ccccc2-c2ccccc21. The van der Waals surface area contributed by atoms with Crippen LogP contribution in [0.1, 0.15) is 161 Å². The molecule has 0 radical (unpaired) electrons. The molecule has 512 valence electrons. The molecular formula is C73H96N8O14. The molecule has 3 amide bonds. The van der Waals surface area contributed by atoms with Gasteiger partial charge in [0, 0.05) is 63.2 Å². The molecule has 0 aliphatic heterocycles. The van der Waals surface area contributed by atoms with Crippen molar-refractivity contribution in [2.45, 2.75) is 182 Å². The Morgan fingerprint density at radius 2 is 0.916 bits per heavy atom. The van der Waals surface area contributed by atoms with Crippen molar-refractivity contribution in [1.82, 2.24) is 40.6 Å². The molecule has 4 heterocycles. The van der Waals surface area contributed by atoms with Crippen molar-refractivity contribution >= 4 is 41.8 Å².